The second-order valence-corrected chi connectivity index (χ2v) is 10.8. The third kappa shape index (κ3) is 12.3. The average molecular weight is 459 g/mol. The number of hydrogen-bond donors (Lipinski definition) is 0. The lowest BCUT2D eigenvalue weighted by Crippen LogP contribution is -2.05. The third-order valence-corrected chi connectivity index (χ3v) is 7.60. The molecule has 0 aliphatic carbocycles. The Bertz CT molecular complexity index is 687. The molecule has 0 amide bonds. The fourth-order valence-corrected chi connectivity index (χ4v) is 5.61. The van der Waals surface area contributed by atoms with Gasteiger partial charge in [0.1, 0.15) is 11.5 Å². The molecule has 2 aromatic carbocycles. The van der Waals surface area contributed by atoms with Gasteiger partial charge in [-0.1, -0.05) is 127 Å². The maximum Gasteiger partial charge on any atom is 0.430 e. The average Bonchev–Trinajstić information content (AvgIpc) is 2.80. The Balaban J connectivity index is 1.60. The lowest BCUT2D eigenvalue weighted by atomic mass is 10.0. The number of benzene rings is 2. The van der Waals surface area contributed by atoms with Crippen molar-refractivity contribution in [1.29, 1.82) is 0 Å². The Morgan fingerprint density at radius 1 is 0.531 bits per heavy atom. The Labute approximate surface area is 196 Å². The van der Waals surface area contributed by atoms with Gasteiger partial charge < -0.3 is 9.05 Å². The normalized spacial score (nSPS) is 11.4. The van der Waals surface area contributed by atoms with Gasteiger partial charge in [0.15, 0.2) is 0 Å². The summed E-state index contributed by atoms with van der Waals surface area (Å²) >= 11 is 0. The molecule has 0 radical (unpaired) electrons. The summed E-state index contributed by atoms with van der Waals surface area (Å²) < 4.78 is 25.1. The first-order chi connectivity index (χ1) is 15.7. The summed E-state index contributed by atoms with van der Waals surface area (Å²) in [6.45, 7) is 2.27. The molecule has 4 heteroatoms. The molecule has 0 aromatic heterocycles. The van der Waals surface area contributed by atoms with E-state index >= 15 is 0 Å². The van der Waals surface area contributed by atoms with E-state index in [-0.39, 0.29) is 0 Å². The first kappa shape index (κ1) is 26.5. The largest absolute Gasteiger partial charge is 0.430 e. The van der Waals surface area contributed by atoms with Crippen molar-refractivity contribution in [3.8, 4) is 11.5 Å². The maximum atomic E-state index is 13.4. The summed E-state index contributed by atoms with van der Waals surface area (Å²) in [6, 6.07) is 18.7. The van der Waals surface area contributed by atoms with Crippen molar-refractivity contribution in [2.45, 2.75) is 96.8 Å². The van der Waals surface area contributed by atoms with Crippen LogP contribution in [0, 0.1) is 0 Å². The predicted octanol–water partition coefficient (Wildman–Crippen LogP) is 9.82. The van der Waals surface area contributed by atoms with Gasteiger partial charge in [-0.15, -0.1) is 0 Å². The molecule has 0 aliphatic rings. The summed E-state index contributed by atoms with van der Waals surface area (Å²) in [5, 5.41) is 0. The van der Waals surface area contributed by atoms with E-state index in [9.17, 15) is 4.57 Å². The molecule has 32 heavy (non-hydrogen) atoms. The zero-order valence-corrected chi connectivity index (χ0v) is 20.9. The zero-order chi connectivity index (χ0) is 22.7. The van der Waals surface area contributed by atoms with E-state index in [0.29, 0.717) is 17.7 Å². The van der Waals surface area contributed by atoms with Crippen molar-refractivity contribution in [3.05, 3.63) is 60.7 Å². The molecule has 0 N–H and O–H groups in total. The van der Waals surface area contributed by atoms with Crippen molar-refractivity contribution in [1.82, 2.24) is 0 Å². The van der Waals surface area contributed by atoms with Crippen LogP contribution in [0.15, 0.2) is 60.7 Å². The highest BCUT2D eigenvalue weighted by atomic mass is 31.2. The first-order valence-corrected chi connectivity index (χ1v) is 14.5. The summed E-state index contributed by atoms with van der Waals surface area (Å²) in [5.74, 6) is 1.19. The molecule has 0 heterocycles. The highest BCUT2D eigenvalue weighted by Crippen LogP contribution is 2.49. The van der Waals surface area contributed by atoms with Gasteiger partial charge in [-0.3, -0.25) is 0 Å². The molecule has 0 bridgehead atoms. The number of rotatable bonds is 19. The topological polar surface area (TPSA) is 35.5 Å². The SMILES string of the molecule is CCCCCCCCCCCCCCCCP(=O)(Oc1ccccc1)Oc1ccccc1. The molecule has 3 nitrogen and oxygen atoms in total. The van der Waals surface area contributed by atoms with E-state index in [0.717, 1.165) is 12.8 Å². The van der Waals surface area contributed by atoms with Crippen LogP contribution in [0.4, 0.5) is 0 Å². The fourth-order valence-electron chi connectivity index (χ4n) is 3.89. The zero-order valence-electron chi connectivity index (χ0n) is 20.1. The lowest BCUT2D eigenvalue weighted by Gasteiger charge is -2.20. The van der Waals surface area contributed by atoms with E-state index in [1.165, 1.54) is 77.0 Å². The number of hydrogen-bond acceptors (Lipinski definition) is 3. The van der Waals surface area contributed by atoms with Gasteiger partial charge in [-0.2, -0.15) is 0 Å². The van der Waals surface area contributed by atoms with E-state index in [2.05, 4.69) is 6.92 Å². The van der Waals surface area contributed by atoms with Crippen LogP contribution in [0.1, 0.15) is 96.8 Å². The van der Waals surface area contributed by atoms with Gasteiger partial charge >= 0.3 is 7.60 Å². The predicted molar refractivity (Wildman–Crippen MR) is 137 cm³/mol. The molecule has 0 fully saturated rings. The Hall–Kier alpha value is -1.73. The summed E-state index contributed by atoms with van der Waals surface area (Å²) in [6.07, 6.45) is 18.6. The molecule has 2 rings (SSSR count). The van der Waals surface area contributed by atoms with Crippen molar-refractivity contribution in [2.24, 2.45) is 0 Å². The second-order valence-electron chi connectivity index (χ2n) is 8.74. The molecule has 0 unspecified atom stereocenters. The second kappa shape index (κ2) is 16.8. The molecule has 0 aliphatic heterocycles. The van der Waals surface area contributed by atoms with E-state index in [1.54, 1.807) is 0 Å². The Morgan fingerprint density at radius 2 is 0.875 bits per heavy atom. The molecule has 0 spiro atoms. The molecule has 0 saturated carbocycles. The van der Waals surface area contributed by atoms with E-state index < -0.39 is 7.60 Å². The molecular formula is C28H43O3P. The monoisotopic (exact) mass is 458 g/mol. The molecule has 0 saturated heterocycles. The highest BCUT2D eigenvalue weighted by molar-refractivity contribution is 7.54. The summed E-state index contributed by atoms with van der Waals surface area (Å²) in [7, 11) is -3.25. The van der Waals surface area contributed by atoms with Crippen LogP contribution >= 0.6 is 7.60 Å². The molecular weight excluding hydrogens is 415 g/mol. The Morgan fingerprint density at radius 3 is 1.25 bits per heavy atom. The van der Waals surface area contributed by atoms with Gasteiger partial charge in [-0.25, -0.2) is 4.57 Å². The smallest absolute Gasteiger partial charge is 0.416 e. The van der Waals surface area contributed by atoms with Gasteiger partial charge in [-0.05, 0) is 30.7 Å². The van der Waals surface area contributed by atoms with Crippen molar-refractivity contribution >= 4 is 7.60 Å². The van der Waals surface area contributed by atoms with Crippen LogP contribution in [-0.2, 0) is 4.57 Å². The minimum Gasteiger partial charge on any atom is -0.416 e. The summed E-state index contributed by atoms with van der Waals surface area (Å²) in [4.78, 5) is 0. The van der Waals surface area contributed by atoms with Crippen molar-refractivity contribution < 1.29 is 13.6 Å². The molecule has 2 aromatic rings. The van der Waals surface area contributed by atoms with Crippen LogP contribution in [0.25, 0.3) is 0 Å². The van der Waals surface area contributed by atoms with Crippen LogP contribution in [-0.4, -0.2) is 6.16 Å². The van der Waals surface area contributed by atoms with Gasteiger partial charge in [0.05, 0.1) is 6.16 Å². The molecule has 0 atom stereocenters. The third-order valence-electron chi connectivity index (χ3n) is 5.76. The molecule has 178 valence electrons. The van der Waals surface area contributed by atoms with Crippen LogP contribution in [0.2, 0.25) is 0 Å². The quantitative estimate of drug-likeness (QED) is 0.155. The number of unbranched alkanes of at least 4 members (excludes halogenated alkanes) is 13. The van der Waals surface area contributed by atoms with Gasteiger partial charge in [0, 0.05) is 0 Å². The van der Waals surface area contributed by atoms with E-state index in [1.807, 2.05) is 60.7 Å². The minimum absolute atomic E-state index is 0.439. The van der Waals surface area contributed by atoms with Gasteiger partial charge in [0.25, 0.3) is 0 Å². The van der Waals surface area contributed by atoms with Crippen molar-refractivity contribution in [3.63, 3.8) is 0 Å². The summed E-state index contributed by atoms with van der Waals surface area (Å²) in [5.41, 5.74) is 0. The maximum absolute atomic E-state index is 13.4. The lowest BCUT2D eigenvalue weighted by molar-refractivity contribution is 0.383. The first-order valence-electron chi connectivity index (χ1n) is 12.8. The minimum atomic E-state index is -3.25. The van der Waals surface area contributed by atoms with Crippen LogP contribution in [0.5, 0.6) is 11.5 Å². The van der Waals surface area contributed by atoms with Crippen LogP contribution < -0.4 is 9.05 Å². The van der Waals surface area contributed by atoms with Gasteiger partial charge in [0.2, 0.25) is 0 Å². The fraction of sp³-hybridized carbons (Fsp3) is 0.571. The standard InChI is InChI=1S/C28H43O3P/c1-2-3-4-5-6-7-8-9-10-11-12-13-14-21-26-32(29,30-27-22-17-15-18-23-27)31-28-24-19-16-20-25-28/h15-20,22-25H,2-14,21,26H2,1H3. The Kier molecular flexibility index (Phi) is 14.0. The van der Waals surface area contributed by atoms with Crippen LogP contribution in [0.3, 0.4) is 0 Å². The van der Waals surface area contributed by atoms with E-state index in [4.69, 9.17) is 9.05 Å². The highest BCUT2D eigenvalue weighted by Gasteiger charge is 2.27. The van der Waals surface area contributed by atoms with Crippen molar-refractivity contribution in [2.75, 3.05) is 6.16 Å². The number of para-hydroxylation sites is 2.